The zero-order valence-corrected chi connectivity index (χ0v) is 15.0. The highest BCUT2D eigenvalue weighted by molar-refractivity contribution is 6.04. The van der Waals surface area contributed by atoms with Gasteiger partial charge in [0.25, 0.3) is 5.91 Å². The van der Waals surface area contributed by atoms with Crippen LogP contribution in [0.4, 0.5) is 11.6 Å². The van der Waals surface area contributed by atoms with Crippen molar-refractivity contribution in [2.45, 2.75) is 12.8 Å². The molecule has 1 amide bonds. The van der Waals surface area contributed by atoms with Gasteiger partial charge in [0, 0.05) is 36.3 Å². The molecule has 2 aromatic carbocycles. The van der Waals surface area contributed by atoms with E-state index < -0.39 is 0 Å². The standard InChI is InChI=1S/C21H22N4O2/c26-20(17-8-2-1-3-9-17)25-18-10-6-11-19(16-18)27-15-5-4-12-22-21-23-13-7-14-24-21/h1-3,6-11,13-14,16H,4-5,12,15H2,(H,25,26)(H,22,23,24). The van der Waals surface area contributed by atoms with E-state index in [1.54, 1.807) is 30.6 Å². The molecule has 0 unspecified atom stereocenters. The van der Waals surface area contributed by atoms with Crippen molar-refractivity contribution in [2.24, 2.45) is 0 Å². The second kappa shape index (κ2) is 9.91. The second-order valence-electron chi connectivity index (χ2n) is 5.90. The van der Waals surface area contributed by atoms with Gasteiger partial charge in [-0.2, -0.15) is 0 Å². The van der Waals surface area contributed by atoms with Crippen molar-refractivity contribution in [1.82, 2.24) is 9.97 Å². The average molecular weight is 362 g/mol. The first-order valence-corrected chi connectivity index (χ1v) is 8.91. The van der Waals surface area contributed by atoms with E-state index in [9.17, 15) is 4.79 Å². The van der Waals surface area contributed by atoms with Crippen molar-refractivity contribution in [1.29, 1.82) is 0 Å². The molecule has 0 saturated heterocycles. The van der Waals surface area contributed by atoms with E-state index in [0.717, 1.165) is 25.1 Å². The maximum Gasteiger partial charge on any atom is 0.255 e. The van der Waals surface area contributed by atoms with Crippen LogP contribution in [0, 0.1) is 0 Å². The summed E-state index contributed by atoms with van der Waals surface area (Å²) in [7, 11) is 0. The van der Waals surface area contributed by atoms with Crippen LogP contribution >= 0.6 is 0 Å². The van der Waals surface area contributed by atoms with Gasteiger partial charge in [0.2, 0.25) is 5.95 Å². The lowest BCUT2D eigenvalue weighted by Crippen LogP contribution is -2.11. The van der Waals surface area contributed by atoms with Crippen LogP contribution < -0.4 is 15.4 Å². The third-order valence-corrected chi connectivity index (χ3v) is 3.82. The molecule has 6 heteroatoms. The summed E-state index contributed by atoms with van der Waals surface area (Å²) in [5, 5.41) is 6.05. The smallest absolute Gasteiger partial charge is 0.255 e. The van der Waals surface area contributed by atoms with Crippen molar-refractivity contribution < 1.29 is 9.53 Å². The van der Waals surface area contributed by atoms with Gasteiger partial charge in [-0.3, -0.25) is 4.79 Å². The number of hydrogen-bond acceptors (Lipinski definition) is 5. The minimum atomic E-state index is -0.137. The van der Waals surface area contributed by atoms with E-state index in [0.29, 0.717) is 23.8 Å². The van der Waals surface area contributed by atoms with Crippen LogP contribution in [-0.2, 0) is 0 Å². The number of unbranched alkanes of at least 4 members (excludes halogenated alkanes) is 1. The Balaban J connectivity index is 1.39. The number of carbonyl (C=O) groups is 1. The van der Waals surface area contributed by atoms with E-state index in [1.165, 1.54) is 0 Å². The Labute approximate surface area is 158 Å². The van der Waals surface area contributed by atoms with Gasteiger partial charge in [0.05, 0.1) is 6.61 Å². The minimum absolute atomic E-state index is 0.137. The van der Waals surface area contributed by atoms with E-state index in [-0.39, 0.29) is 5.91 Å². The zero-order valence-electron chi connectivity index (χ0n) is 15.0. The maximum absolute atomic E-state index is 12.2. The third kappa shape index (κ3) is 6.11. The van der Waals surface area contributed by atoms with Gasteiger partial charge in [-0.1, -0.05) is 24.3 Å². The summed E-state index contributed by atoms with van der Waals surface area (Å²) in [6, 6.07) is 18.3. The molecule has 3 aromatic rings. The average Bonchev–Trinajstić information content (AvgIpc) is 2.72. The molecule has 0 atom stereocenters. The van der Waals surface area contributed by atoms with Gasteiger partial charge < -0.3 is 15.4 Å². The quantitative estimate of drug-likeness (QED) is 0.563. The molecule has 3 rings (SSSR count). The van der Waals surface area contributed by atoms with Crippen LogP contribution in [0.15, 0.2) is 73.1 Å². The van der Waals surface area contributed by atoms with E-state index >= 15 is 0 Å². The van der Waals surface area contributed by atoms with Crippen molar-refractivity contribution in [2.75, 3.05) is 23.8 Å². The lowest BCUT2D eigenvalue weighted by Gasteiger charge is -2.09. The number of hydrogen-bond donors (Lipinski definition) is 2. The van der Waals surface area contributed by atoms with Crippen LogP contribution in [0.1, 0.15) is 23.2 Å². The minimum Gasteiger partial charge on any atom is -0.494 e. The highest BCUT2D eigenvalue weighted by Gasteiger charge is 2.05. The summed E-state index contributed by atoms with van der Waals surface area (Å²) >= 11 is 0. The first-order chi connectivity index (χ1) is 13.3. The number of amides is 1. The maximum atomic E-state index is 12.2. The van der Waals surface area contributed by atoms with Crippen LogP contribution in [0.5, 0.6) is 5.75 Å². The second-order valence-corrected chi connectivity index (χ2v) is 5.90. The summed E-state index contributed by atoms with van der Waals surface area (Å²) in [5.74, 6) is 1.24. The number of anilines is 2. The Morgan fingerprint density at radius 1 is 0.926 bits per heavy atom. The number of rotatable bonds is 9. The molecule has 1 heterocycles. The summed E-state index contributed by atoms with van der Waals surface area (Å²) in [4.78, 5) is 20.4. The molecule has 0 aliphatic carbocycles. The van der Waals surface area contributed by atoms with Crippen molar-refractivity contribution in [3.05, 3.63) is 78.6 Å². The molecular formula is C21H22N4O2. The molecule has 1 aromatic heterocycles. The van der Waals surface area contributed by atoms with Gasteiger partial charge in [0.15, 0.2) is 0 Å². The predicted molar refractivity (Wildman–Crippen MR) is 106 cm³/mol. The molecule has 27 heavy (non-hydrogen) atoms. The van der Waals surface area contributed by atoms with Crippen molar-refractivity contribution in [3.63, 3.8) is 0 Å². The third-order valence-electron chi connectivity index (χ3n) is 3.82. The SMILES string of the molecule is O=C(Nc1cccc(OCCCCNc2ncccn2)c1)c1ccccc1. The molecule has 2 N–H and O–H groups in total. The fraction of sp³-hybridized carbons (Fsp3) is 0.190. The molecule has 0 saturated carbocycles. The summed E-state index contributed by atoms with van der Waals surface area (Å²) in [6.45, 7) is 1.40. The molecule has 0 fully saturated rings. The number of benzene rings is 2. The Morgan fingerprint density at radius 3 is 2.56 bits per heavy atom. The molecular weight excluding hydrogens is 340 g/mol. The van der Waals surface area contributed by atoms with E-state index in [4.69, 9.17) is 4.74 Å². The topological polar surface area (TPSA) is 76.1 Å². The first kappa shape index (κ1) is 18.4. The molecule has 0 aliphatic rings. The molecule has 0 bridgehead atoms. The largest absolute Gasteiger partial charge is 0.494 e. The molecule has 0 radical (unpaired) electrons. The number of carbonyl (C=O) groups excluding carboxylic acids is 1. The fourth-order valence-electron chi connectivity index (χ4n) is 2.46. The van der Waals surface area contributed by atoms with Crippen LogP contribution in [-0.4, -0.2) is 29.0 Å². The predicted octanol–water partition coefficient (Wildman–Crippen LogP) is 4.00. The van der Waals surface area contributed by atoms with Gasteiger partial charge in [0.1, 0.15) is 5.75 Å². The van der Waals surface area contributed by atoms with Crippen LogP contribution in [0.3, 0.4) is 0 Å². The van der Waals surface area contributed by atoms with Gasteiger partial charge >= 0.3 is 0 Å². The number of nitrogens with zero attached hydrogens (tertiary/aromatic N) is 2. The first-order valence-electron chi connectivity index (χ1n) is 8.91. The van der Waals surface area contributed by atoms with E-state index in [1.807, 2.05) is 42.5 Å². The Hall–Kier alpha value is -3.41. The Morgan fingerprint density at radius 2 is 1.74 bits per heavy atom. The molecule has 0 aliphatic heterocycles. The van der Waals surface area contributed by atoms with Gasteiger partial charge in [-0.25, -0.2) is 9.97 Å². The lowest BCUT2D eigenvalue weighted by molar-refractivity contribution is 0.102. The molecule has 6 nitrogen and oxygen atoms in total. The Bertz CT molecular complexity index is 841. The Kier molecular flexibility index (Phi) is 6.75. The number of ether oxygens (including phenoxy) is 1. The highest BCUT2D eigenvalue weighted by atomic mass is 16.5. The summed E-state index contributed by atoms with van der Waals surface area (Å²) in [6.07, 6.45) is 5.27. The van der Waals surface area contributed by atoms with E-state index in [2.05, 4.69) is 20.6 Å². The van der Waals surface area contributed by atoms with Gasteiger partial charge in [-0.05, 0) is 43.2 Å². The lowest BCUT2D eigenvalue weighted by atomic mass is 10.2. The summed E-state index contributed by atoms with van der Waals surface area (Å²) in [5.41, 5.74) is 1.34. The zero-order chi connectivity index (χ0) is 18.7. The molecule has 0 spiro atoms. The number of nitrogens with one attached hydrogen (secondary N) is 2. The van der Waals surface area contributed by atoms with Crippen LogP contribution in [0.2, 0.25) is 0 Å². The van der Waals surface area contributed by atoms with Gasteiger partial charge in [-0.15, -0.1) is 0 Å². The number of aromatic nitrogens is 2. The molecule has 138 valence electrons. The monoisotopic (exact) mass is 362 g/mol. The normalized spacial score (nSPS) is 10.2. The fourth-order valence-corrected chi connectivity index (χ4v) is 2.46. The summed E-state index contributed by atoms with van der Waals surface area (Å²) < 4.78 is 5.78. The highest BCUT2D eigenvalue weighted by Crippen LogP contribution is 2.18. The van der Waals surface area contributed by atoms with Crippen molar-refractivity contribution >= 4 is 17.5 Å². The van der Waals surface area contributed by atoms with Crippen molar-refractivity contribution in [3.8, 4) is 5.75 Å². The van der Waals surface area contributed by atoms with Crippen LogP contribution in [0.25, 0.3) is 0 Å².